The summed E-state index contributed by atoms with van der Waals surface area (Å²) in [7, 11) is 1.82. The molecule has 2 nitrogen and oxygen atoms in total. The smallest absolute Gasteiger partial charge is 0.264 e. The lowest BCUT2D eigenvalue weighted by Gasteiger charge is -2.26. The van der Waals surface area contributed by atoms with Gasteiger partial charge < -0.3 is 4.90 Å². The van der Waals surface area contributed by atoms with E-state index in [1.54, 1.807) is 4.90 Å². The van der Waals surface area contributed by atoms with Crippen molar-refractivity contribution in [1.29, 1.82) is 0 Å². The molecule has 0 aromatic heterocycles. The van der Waals surface area contributed by atoms with Gasteiger partial charge in [-0.15, -0.1) is 0 Å². The summed E-state index contributed by atoms with van der Waals surface area (Å²) in [5.41, 5.74) is 2.09. The summed E-state index contributed by atoms with van der Waals surface area (Å²) in [4.78, 5) is 15.9. The summed E-state index contributed by atoms with van der Waals surface area (Å²) in [5.74, 6) is 0.0383. The summed E-state index contributed by atoms with van der Waals surface area (Å²) < 4.78 is 0. The molecule has 1 heterocycles. The zero-order valence-corrected chi connectivity index (χ0v) is 12.5. The number of para-hydroxylation sites is 1. The Morgan fingerprint density at radius 2 is 1.71 bits per heavy atom. The summed E-state index contributed by atoms with van der Waals surface area (Å²) in [5, 5.41) is 0. The van der Waals surface area contributed by atoms with Crippen LogP contribution in [0, 0.1) is 0 Å². The highest BCUT2D eigenvalue weighted by Crippen LogP contribution is 2.40. The van der Waals surface area contributed by atoms with Crippen molar-refractivity contribution in [2.75, 3.05) is 11.9 Å². The third-order valence-corrected chi connectivity index (χ3v) is 4.39. The number of hydrogen-bond acceptors (Lipinski definition) is 2. The van der Waals surface area contributed by atoms with Crippen molar-refractivity contribution in [2.24, 2.45) is 0 Å². The Balaban J connectivity index is 1.85. The first kappa shape index (κ1) is 13.7. The summed E-state index contributed by atoms with van der Waals surface area (Å²) in [6.07, 6.45) is 5.81. The number of thioether (sulfide) groups is 1. The largest absolute Gasteiger partial charge is 0.310 e. The topological polar surface area (TPSA) is 20.3 Å². The lowest BCUT2D eigenvalue weighted by Crippen LogP contribution is -2.29. The molecule has 2 aromatic carbocycles. The van der Waals surface area contributed by atoms with E-state index in [2.05, 4.69) is 0 Å². The average Bonchev–Trinajstić information content (AvgIpc) is 2.53. The van der Waals surface area contributed by atoms with Crippen LogP contribution in [-0.4, -0.2) is 13.0 Å². The Morgan fingerprint density at radius 3 is 2.52 bits per heavy atom. The fourth-order valence-corrected chi connectivity index (χ4v) is 3.24. The Bertz CT molecular complexity index is 719. The molecule has 0 N–H and O–H groups in total. The molecule has 3 rings (SSSR count). The maximum Gasteiger partial charge on any atom is 0.264 e. The number of allylic oxidation sites excluding steroid dienone is 2. The lowest BCUT2D eigenvalue weighted by atomic mass is 10.2. The molecule has 0 bridgehead atoms. The standard InChI is InChI=1S/C18H15NOS/c1-19-15-11-5-6-12-16(15)21-17(18(19)20)13-7-10-14-8-3-2-4-9-14/h2-13H,1H3/b10-7+,17-13-. The third kappa shape index (κ3) is 2.93. The van der Waals surface area contributed by atoms with E-state index in [1.807, 2.05) is 79.9 Å². The highest BCUT2D eigenvalue weighted by molar-refractivity contribution is 8.04. The number of carbonyl (C=O) groups is 1. The minimum Gasteiger partial charge on any atom is -0.310 e. The number of nitrogens with zero attached hydrogens (tertiary/aromatic N) is 1. The summed E-state index contributed by atoms with van der Waals surface area (Å²) in [6, 6.07) is 18.0. The molecule has 1 amide bonds. The van der Waals surface area contributed by atoms with Crippen molar-refractivity contribution in [2.45, 2.75) is 4.90 Å². The van der Waals surface area contributed by atoms with Gasteiger partial charge in [0.2, 0.25) is 0 Å². The second-order valence-corrected chi connectivity index (χ2v) is 5.82. The van der Waals surface area contributed by atoms with Crippen LogP contribution in [0.15, 0.2) is 76.5 Å². The van der Waals surface area contributed by atoms with E-state index in [-0.39, 0.29) is 5.91 Å². The molecule has 3 heteroatoms. The van der Waals surface area contributed by atoms with Gasteiger partial charge in [-0.1, -0.05) is 66.4 Å². The van der Waals surface area contributed by atoms with E-state index in [1.165, 1.54) is 11.8 Å². The van der Waals surface area contributed by atoms with Crippen LogP contribution < -0.4 is 4.90 Å². The van der Waals surface area contributed by atoms with Gasteiger partial charge in [-0.3, -0.25) is 4.79 Å². The van der Waals surface area contributed by atoms with Crippen molar-refractivity contribution in [3.63, 3.8) is 0 Å². The van der Waals surface area contributed by atoms with E-state index >= 15 is 0 Å². The van der Waals surface area contributed by atoms with Gasteiger partial charge in [0, 0.05) is 11.9 Å². The molecule has 0 unspecified atom stereocenters. The van der Waals surface area contributed by atoms with E-state index in [4.69, 9.17) is 0 Å². The number of fused-ring (bicyclic) bond motifs is 1. The molecule has 0 fully saturated rings. The van der Waals surface area contributed by atoms with E-state index in [9.17, 15) is 4.79 Å². The minimum atomic E-state index is 0.0383. The van der Waals surface area contributed by atoms with Crippen molar-refractivity contribution < 1.29 is 4.79 Å². The second-order valence-electron chi connectivity index (χ2n) is 4.73. The molecule has 104 valence electrons. The zero-order chi connectivity index (χ0) is 14.7. The predicted molar refractivity (Wildman–Crippen MR) is 89.3 cm³/mol. The first-order valence-electron chi connectivity index (χ1n) is 6.74. The minimum absolute atomic E-state index is 0.0383. The van der Waals surface area contributed by atoms with Crippen LogP contribution in [0.4, 0.5) is 5.69 Å². The van der Waals surface area contributed by atoms with Crippen molar-refractivity contribution >= 4 is 29.4 Å². The third-order valence-electron chi connectivity index (χ3n) is 3.30. The number of carbonyl (C=O) groups excluding carboxylic acids is 1. The lowest BCUT2D eigenvalue weighted by molar-refractivity contribution is -0.114. The number of rotatable bonds is 2. The average molecular weight is 293 g/mol. The second kappa shape index (κ2) is 6.02. The maximum atomic E-state index is 12.3. The van der Waals surface area contributed by atoms with Gasteiger partial charge in [0.1, 0.15) is 0 Å². The Kier molecular flexibility index (Phi) is 3.93. The van der Waals surface area contributed by atoms with Gasteiger partial charge in [0.05, 0.1) is 10.6 Å². The van der Waals surface area contributed by atoms with Crippen LogP contribution in [0.5, 0.6) is 0 Å². The molecule has 0 radical (unpaired) electrons. The van der Waals surface area contributed by atoms with E-state index < -0.39 is 0 Å². The molecular weight excluding hydrogens is 278 g/mol. The maximum absolute atomic E-state index is 12.3. The zero-order valence-electron chi connectivity index (χ0n) is 11.7. The molecule has 21 heavy (non-hydrogen) atoms. The monoisotopic (exact) mass is 293 g/mol. The number of likely N-dealkylation sites (N-methyl/N-ethyl adjacent to an activating group) is 1. The van der Waals surface area contributed by atoms with Gasteiger partial charge >= 0.3 is 0 Å². The number of benzene rings is 2. The molecule has 1 aliphatic heterocycles. The quantitative estimate of drug-likeness (QED) is 0.767. The molecular formula is C18H15NOS. The molecule has 0 aliphatic carbocycles. The number of hydrogen-bond donors (Lipinski definition) is 0. The highest BCUT2D eigenvalue weighted by Gasteiger charge is 2.25. The van der Waals surface area contributed by atoms with Gasteiger partial charge in [-0.05, 0) is 23.8 Å². The van der Waals surface area contributed by atoms with Crippen LogP contribution in [-0.2, 0) is 4.79 Å². The van der Waals surface area contributed by atoms with Crippen molar-refractivity contribution in [1.82, 2.24) is 0 Å². The highest BCUT2D eigenvalue weighted by atomic mass is 32.2. The number of amides is 1. The Labute approximate surface area is 128 Å². The van der Waals surface area contributed by atoms with Crippen LogP contribution >= 0.6 is 11.8 Å². The first-order chi connectivity index (χ1) is 10.3. The Morgan fingerprint density at radius 1 is 1.00 bits per heavy atom. The molecule has 0 atom stereocenters. The molecule has 0 saturated carbocycles. The summed E-state index contributed by atoms with van der Waals surface area (Å²) in [6.45, 7) is 0. The van der Waals surface area contributed by atoms with Crippen molar-refractivity contribution in [3.8, 4) is 0 Å². The van der Waals surface area contributed by atoms with Gasteiger partial charge in [0.25, 0.3) is 5.91 Å². The van der Waals surface area contributed by atoms with Crippen molar-refractivity contribution in [3.05, 3.63) is 77.2 Å². The SMILES string of the molecule is CN1C(=O)/C(=C/C=C/c2ccccc2)Sc2ccccc21. The van der Waals surface area contributed by atoms with Gasteiger partial charge in [-0.25, -0.2) is 0 Å². The summed E-state index contributed by atoms with van der Waals surface area (Å²) >= 11 is 1.52. The van der Waals surface area contributed by atoms with Crippen LogP contribution in [0.3, 0.4) is 0 Å². The fourth-order valence-electron chi connectivity index (χ4n) is 2.17. The van der Waals surface area contributed by atoms with Crippen LogP contribution in [0.2, 0.25) is 0 Å². The van der Waals surface area contributed by atoms with Gasteiger partial charge in [-0.2, -0.15) is 0 Å². The van der Waals surface area contributed by atoms with Gasteiger partial charge in [0.15, 0.2) is 0 Å². The van der Waals surface area contributed by atoms with E-state index in [0.29, 0.717) is 0 Å². The molecule has 0 spiro atoms. The predicted octanol–water partition coefficient (Wildman–Crippen LogP) is 4.35. The molecule has 1 aliphatic rings. The van der Waals surface area contributed by atoms with Crippen LogP contribution in [0.25, 0.3) is 6.08 Å². The van der Waals surface area contributed by atoms with Crippen LogP contribution in [0.1, 0.15) is 5.56 Å². The molecule has 2 aromatic rings. The molecule has 0 saturated heterocycles. The normalized spacial score (nSPS) is 16.5. The first-order valence-corrected chi connectivity index (χ1v) is 7.56. The van der Waals surface area contributed by atoms with E-state index in [0.717, 1.165) is 21.1 Å². The Hall–Kier alpha value is -2.26. The fraction of sp³-hybridized carbons (Fsp3) is 0.0556. The number of anilines is 1.